The Hall–Kier alpha value is 0.220. The maximum atomic E-state index is 10.3. The molecular formula is C2H6O6PS-. The van der Waals surface area contributed by atoms with Gasteiger partial charge in [-0.3, -0.25) is 4.52 Å². The Morgan fingerprint density at radius 2 is 2.30 bits per heavy atom. The fourth-order valence-electron chi connectivity index (χ4n) is 0.262. The molecule has 0 aromatic heterocycles. The molecule has 0 amide bonds. The lowest BCUT2D eigenvalue weighted by Crippen LogP contribution is -1.96. The lowest BCUT2D eigenvalue weighted by atomic mass is 10.9. The summed E-state index contributed by atoms with van der Waals surface area (Å²) in [7, 11) is -4.36. The van der Waals surface area contributed by atoms with E-state index in [1.54, 1.807) is 0 Å². The summed E-state index contributed by atoms with van der Waals surface area (Å²) in [5.41, 5.74) is 0. The highest BCUT2D eigenvalue weighted by atomic mass is 32.2. The first-order valence-electron chi connectivity index (χ1n) is 2.24. The third-order valence-electron chi connectivity index (χ3n) is 0.447. The molecule has 0 aliphatic heterocycles. The summed E-state index contributed by atoms with van der Waals surface area (Å²) in [5.74, 6) is 0. The van der Waals surface area contributed by atoms with Gasteiger partial charge in [0.15, 0.2) is 0 Å². The summed E-state index contributed by atoms with van der Waals surface area (Å²) < 4.78 is 37.2. The van der Waals surface area contributed by atoms with Gasteiger partial charge in [0.1, 0.15) is 0 Å². The molecule has 2 unspecified atom stereocenters. The van der Waals surface area contributed by atoms with Crippen LogP contribution in [0.5, 0.6) is 0 Å². The van der Waals surface area contributed by atoms with Gasteiger partial charge in [0, 0.05) is 0 Å². The molecule has 0 aromatic carbocycles. The standard InChI is InChI=1S/C2H7O6PS/c1-2-7-9(3,4)8-10(5)6/h2H2,1H3,(H,3,4)(H,5,6)/p-1. The zero-order chi connectivity index (χ0) is 8.20. The van der Waals surface area contributed by atoms with Gasteiger partial charge in [0.25, 0.3) is 0 Å². The van der Waals surface area contributed by atoms with Crippen LogP contribution in [0.4, 0.5) is 0 Å². The lowest BCUT2D eigenvalue weighted by Gasteiger charge is -2.10. The van der Waals surface area contributed by atoms with Gasteiger partial charge in [0.05, 0.1) is 18.0 Å². The minimum absolute atomic E-state index is 0.0923. The van der Waals surface area contributed by atoms with E-state index >= 15 is 0 Å². The SMILES string of the molecule is CCOP(=O)(O)OS(=O)[O-]. The van der Waals surface area contributed by atoms with Crippen LogP contribution in [0.1, 0.15) is 6.92 Å². The predicted octanol–water partition coefficient (Wildman–Crippen LogP) is -0.0660. The van der Waals surface area contributed by atoms with Crippen molar-refractivity contribution < 1.29 is 26.7 Å². The Morgan fingerprint density at radius 1 is 1.80 bits per heavy atom. The summed E-state index contributed by atoms with van der Waals surface area (Å²) in [6, 6.07) is 0. The van der Waals surface area contributed by atoms with Crippen LogP contribution in [0, 0.1) is 0 Å². The third kappa shape index (κ3) is 5.04. The maximum Gasteiger partial charge on any atom is 0.484 e. The molecule has 0 aliphatic carbocycles. The van der Waals surface area contributed by atoms with Crippen molar-refractivity contribution in [1.82, 2.24) is 0 Å². The zero-order valence-corrected chi connectivity index (χ0v) is 6.76. The second kappa shape index (κ2) is 4.17. The molecule has 0 aliphatic rings. The van der Waals surface area contributed by atoms with Gasteiger partial charge in [-0.1, -0.05) is 0 Å². The average Bonchev–Trinajstić information content (AvgIpc) is 1.59. The number of phosphoric acid groups is 1. The molecule has 0 spiro atoms. The quantitative estimate of drug-likeness (QED) is 0.491. The molecule has 1 N–H and O–H groups in total. The van der Waals surface area contributed by atoms with E-state index < -0.39 is 19.2 Å². The average molecular weight is 189 g/mol. The Balaban J connectivity index is 3.87. The van der Waals surface area contributed by atoms with Gasteiger partial charge in [-0.2, -0.15) is 3.97 Å². The van der Waals surface area contributed by atoms with Gasteiger partial charge < -0.3 is 9.45 Å². The number of phosphoric ester groups is 1. The summed E-state index contributed by atoms with van der Waals surface area (Å²) in [6.07, 6.45) is 0. The minimum atomic E-state index is -4.36. The van der Waals surface area contributed by atoms with Crippen LogP contribution in [0.2, 0.25) is 0 Å². The van der Waals surface area contributed by atoms with Crippen molar-refractivity contribution in [2.45, 2.75) is 6.92 Å². The first-order valence-corrected chi connectivity index (χ1v) is 4.74. The zero-order valence-electron chi connectivity index (χ0n) is 5.05. The van der Waals surface area contributed by atoms with Crippen molar-refractivity contribution in [3.05, 3.63) is 0 Å². The molecule has 62 valence electrons. The van der Waals surface area contributed by atoms with Crippen molar-refractivity contribution in [2.24, 2.45) is 0 Å². The van der Waals surface area contributed by atoms with E-state index in [2.05, 4.69) is 8.49 Å². The first kappa shape index (κ1) is 10.2. The maximum absolute atomic E-state index is 10.3. The van der Waals surface area contributed by atoms with Crippen LogP contribution in [0.3, 0.4) is 0 Å². The smallest absolute Gasteiger partial charge is 0.484 e. The second-order valence-corrected chi connectivity index (χ2v) is 3.36. The van der Waals surface area contributed by atoms with Crippen molar-refractivity contribution in [1.29, 1.82) is 0 Å². The van der Waals surface area contributed by atoms with Gasteiger partial charge in [-0.25, -0.2) is 8.77 Å². The van der Waals surface area contributed by atoms with E-state index in [0.29, 0.717) is 0 Å². The van der Waals surface area contributed by atoms with Crippen LogP contribution < -0.4 is 0 Å². The normalized spacial score (nSPS) is 19.9. The Bertz CT molecular complexity index is 167. The minimum Gasteiger partial charge on any atom is -0.749 e. The van der Waals surface area contributed by atoms with Gasteiger partial charge in [-0.15, -0.1) is 0 Å². The molecule has 0 saturated carbocycles. The number of hydrogen-bond donors (Lipinski definition) is 1. The van der Waals surface area contributed by atoms with Crippen molar-refractivity contribution in [3.63, 3.8) is 0 Å². The van der Waals surface area contributed by atoms with Crippen molar-refractivity contribution in [3.8, 4) is 0 Å². The molecule has 0 rings (SSSR count). The summed E-state index contributed by atoms with van der Waals surface area (Å²) in [6.45, 7) is 1.34. The summed E-state index contributed by atoms with van der Waals surface area (Å²) >= 11 is -3.02. The topological polar surface area (TPSA) is 95.9 Å². The molecule has 6 nitrogen and oxygen atoms in total. The van der Waals surface area contributed by atoms with Crippen LogP contribution in [-0.4, -0.2) is 20.3 Å². The molecule has 0 heterocycles. The Kier molecular flexibility index (Phi) is 4.26. The molecule has 10 heavy (non-hydrogen) atoms. The van der Waals surface area contributed by atoms with E-state index in [1.165, 1.54) is 6.92 Å². The third-order valence-corrected chi connectivity index (χ3v) is 2.27. The lowest BCUT2D eigenvalue weighted by molar-refractivity contribution is 0.213. The van der Waals surface area contributed by atoms with Crippen LogP contribution >= 0.6 is 7.82 Å². The van der Waals surface area contributed by atoms with Crippen LogP contribution in [0.25, 0.3) is 0 Å². The van der Waals surface area contributed by atoms with Crippen LogP contribution in [-0.2, 0) is 24.4 Å². The largest absolute Gasteiger partial charge is 0.749 e. The van der Waals surface area contributed by atoms with Crippen LogP contribution in [0.15, 0.2) is 0 Å². The first-order chi connectivity index (χ1) is 4.48. The second-order valence-electron chi connectivity index (χ2n) is 1.16. The van der Waals surface area contributed by atoms with Gasteiger partial charge in [0.2, 0.25) is 0 Å². The molecule has 0 radical (unpaired) electrons. The van der Waals surface area contributed by atoms with Gasteiger partial charge >= 0.3 is 7.82 Å². The molecule has 0 fully saturated rings. The number of hydrogen-bond acceptors (Lipinski definition) is 5. The summed E-state index contributed by atoms with van der Waals surface area (Å²) in [4.78, 5) is 8.40. The molecule has 0 bridgehead atoms. The highest BCUT2D eigenvalue weighted by Gasteiger charge is 2.20. The van der Waals surface area contributed by atoms with Crippen molar-refractivity contribution in [2.75, 3.05) is 6.61 Å². The Morgan fingerprint density at radius 3 is 2.60 bits per heavy atom. The van der Waals surface area contributed by atoms with E-state index in [4.69, 9.17) is 4.89 Å². The fourth-order valence-corrected chi connectivity index (χ4v) is 1.38. The molecule has 0 saturated heterocycles. The van der Waals surface area contributed by atoms with Crippen molar-refractivity contribution >= 4 is 19.2 Å². The van der Waals surface area contributed by atoms with E-state index in [1.807, 2.05) is 0 Å². The predicted molar refractivity (Wildman–Crippen MR) is 31.5 cm³/mol. The molecule has 0 aromatic rings. The molecule has 8 heteroatoms. The highest BCUT2D eigenvalue weighted by Crippen LogP contribution is 2.43. The monoisotopic (exact) mass is 189 g/mol. The molecule has 2 atom stereocenters. The van der Waals surface area contributed by atoms with E-state index in [9.17, 15) is 13.3 Å². The fraction of sp³-hybridized carbons (Fsp3) is 1.00. The molecular weight excluding hydrogens is 183 g/mol. The van der Waals surface area contributed by atoms with E-state index in [-0.39, 0.29) is 6.61 Å². The number of rotatable bonds is 4. The highest BCUT2D eigenvalue weighted by molar-refractivity contribution is 7.79. The summed E-state index contributed by atoms with van der Waals surface area (Å²) in [5, 5.41) is 0. The Labute approximate surface area is 60.3 Å². The van der Waals surface area contributed by atoms with Gasteiger partial charge in [-0.05, 0) is 6.92 Å². The van der Waals surface area contributed by atoms with E-state index in [0.717, 1.165) is 0 Å².